The van der Waals surface area contributed by atoms with Crippen molar-refractivity contribution in [2.45, 2.75) is 68.5 Å². The number of nitrogens with zero attached hydrogens (tertiary/aromatic N) is 7. The van der Waals surface area contributed by atoms with Gasteiger partial charge in [0.05, 0.1) is 38.1 Å². The Morgan fingerprint density at radius 1 is 1.04 bits per heavy atom. The van der Waals surface area contributed by atoms with E-state index in [0.29, 0.717) is 29.8 Å². The molecule has 10 atom stereocenters. The standard InChI is InChI=1S/C26H30FIN8O12P2S/c27-16-19-14(46-25(16)35-6-12-2-1-3-29-21-15(12)22(35)31-9-30-21)8-43-49(39,40)47-20-18(37)13(7-44-50(41,51)48-19)45-26(20)36-11-32-17-23(36)33-10-34(24(17)38)4-5-42-28/h6,9-11,13-14,16,18-20,25-26,37H,1-5,7-8H2,(H,39,40)(H,41,51)(H,29,30,31)/t13-,14-,16-,18-,19-,20-,25-,26-,50?/m1/s1. The lowest BCUT2D eigenvalue weighted by molar-refractivity contribution is -0.0642. The number of phosphoric ester groups is 1. The second kappa shape index (κ2) is 14.0. The number of hydrogen-bond acceptors (Lipinski definition) is 16. The minimum absolute atomic E-state index is 0.0199. The number of imidazole rings is 1. The summed E-state index contributed by atoms with van der Waals surface area (Å²) in [4.78, 5) is 52.1. The van der Waals surface area contributed by atoms with E-state index in [1.54, 1.807) is 29.2 Å². The van der Waals surface area contributed by atoms with Gasteiger partial charge in [-0.3, -0.25) is 27.5 Å². The zero-order valence-electron chi connectivity index (χ0n) is 26.1. The van der Waals surface area contributed by atoms with Gasteiger partial charge in [0.2, 0.25) is 0 Å². The molecule has 0 spiro atoms. The Bertz CT molecular complexity index is 2130. The molecule has 20 nitrogen and oxygen atoms in total. The van der Waals surface area contributed by atoms with Crippen molar-refractivity contribution < 1.29 is 54.5 Å². The third kappa shape index (κ3) is 6.68. The number of anilines is 1. The molecule has 2 unspecified atom stereocenters. The maximum absolute atomic E-state index is 16.4. The minimum Gasteiger partial charge on any atom is -0.387 e. The lowest BCUT2D eigenvalue weighted by atomic mass is 10.1. The normalized spacial score (nSPS) is 35.9. The average Bonchev–Trinajstić information content (AvgIpc) is 3.80. The van der Waals surface area contributed by atoms with E-state index >= 15 is 4.39 Å². The van der Waals surface area contributed by atoms with Crippen molar-refractivity contribution in [1.29, 1.82) is 0 Å². The average molecular weight is 886 g/mol. The first-order valence-electron chi connectivity index (χ1n) is 15.6. The molecule has 0 aliphatic carbocycles. The molecule has 0 amide bonds. The van der Waals surface area contributed by atoms with Crippen molar-refractivity contribution in [2.24, 2.45) is 0 Å². The smallest absolute Gasteiger partial charge is 0.387 e. The molecule has 3 saturated heterocycles. The molecule has 0 radical (unpaired) electrons. The molecule has 0 aromatic carbocycles. The zero-order valence-corrected chi connectivity index (χ0v) is 30.8. The van der Waals surface area contributed by atoms with Gasteiger partial charge in [-0.2, -0.15) is 0 Å². The van der Waals surface area contributed by atoms with Gasteiger partial charge in [0.1, 0.15) is 77.6 Å². The lowest BCUT2D eigenvalue weighted by Crippen LogP contribution is -2.35. The first-order valence-corrected chi connectivity index (χ1v) is 20.6. The van der Waals surface area contributed by atoms with Crippen LogP contribution in [-0.4, -0.2) is 112 Å². The number of aryl methyl sites for hydroxylation is 1. The third-order valence-electron chi connectivity index (χ3n) is 9.00. The molecule has 2 bridgehead atoms. The molecule has 8 rings (SSSR count). The van der Waals surface area contributed by atoms with Gasteiger partial charge in [-0.1, -0.05) is 0 Å². The van der Waals surface area contributed by atoms with Crippen LogP contribution in [0, 0.1) is 0 Å². The van der Waals surface area contributed by atoms with Gasteiger partial charge in [-0.05, 0) is 30.2 Å². The number of aromatic nitrogens is 7. The minimum atomic E-state index is -5.09. The largest absolute Gasteiger partial charge is 0.472 e. The second-order valence-electron chi connectivity index (χ2n) is 12.1. The van der Waals surface area contributed by atoms with Crippen LogP contribution in [0.3, 0.4) is 0 Å². The number of aliphatic hydroxyl groups is 1. The highest BCUT2D eigenvalue weighted by Crippen LogP contribution is 2.54. The molecule has 4 aromatic heterocycles. The molecule has 3 fully saturated rings. The molecule has 25 heteroatoms. The Balaban J connectivity index is 1.09. The predicted octanol–water partition coefficient (Wildman–Crippen LogP) is 1.39. The Hall–Kier alpha value is -2.09. The van der Waals surface area contributed by atoms with E-state index in [-0.39, 0.29) is 24.3 Å². The molecule has 51 heavy (non-hydrogen) atoms. The van der Waals surface area contributed by atoms with Gasteiger partial charge in [0.15, 0.2) is 29.8 Å². The van der Waals surface area contributed by atoms with Gasteiger partial charge in [-0.15, -0.1) is 0 Å². The van der Waals surface area contributed by atoms with Gasteiger partial charge >= 0.3 is 14.5 Å². The van der Waals surface area contributed by atoms with Crippen molar-refractivity contribution in [3.63, 3.8) is 0 Å². The number of hydrogen-bond donors (Lipinski definition) is 4. The van der Waals surface area contributed by atoms with E-state index in [0.717, 1.165) is 12.0 Å². The molecule has 8 heterocycles. The highest BCUT2D eigenvalue weighted by atomic mass is 127. The summed E-state index contributed by atoms with van der Waals surface area (Å²) >= 11 is 6.94. The molecule has 4 aromatic rings. The number of nitrogens with one attached hydrogen (secondary N) is 1. The van der Waals surface area contributed by atoms with Crippen molar-refractivity contribution in [1.82, 2.24) is 33.6 Å². The number of fused-ring (bicyclic) bond motifs is 4. The highest BCUT2D eigenvalue weighted by Gasteiger charge is 2.54. The number of aliphatic hydroxyl groups excluding tert-OH is 1. The molecular formula is C26H30FIN8O12P2S. The third-order valence-corrected chi connectivity index (χ3v) is 12.0. The Labute approximate surface area is 305 Å². The van der Waals surface area contributed by atoms with Crippen LogP contribution in [-0.2, 0) is 60.0 Å². The summed E-state index contributed by atoms with van der Waals surface area (Å²) in [6.07, 6.45) is -5.49. The summed E-state index contributed by atoms with van der Waals surface area (Å²) < 4.78 is 72.8. The van der Waals surface area contributed by atoms with E-state index in [4.69, 9.17) is 42.4 Å². The number of alkyl halides is 1. The van der Waals surface area contributed by atoms with Crippen LogP contribution in [0.5, 0.6) is 0 Å². The Morgan fingerprint density at radius 2 is 1.84 bits per heavy atom. The van der Waals surface area contributed by atoms with Crippen LogP contribution in [0.15, 0.2) is 30.0 Å². The first kappa shape index (κ1) is 35.9. The number of halogens is 2. The number of rotatable bonds is 5. The van der Waals surface area contributed by atoms with E-state index in [9.17, 15) is 24.3 Å². The van der Waals surface area contributed by atoms with Gasteiger partial charge in [-0.25, -0.2) is 28.9 Å². The summed E-state index contributed by atoms with van der Waals surface area (Å²) in [6, 6.07) is 0. The molecule has 4 aliphatic rings. The SMILES string of the molecule is O=c1c2ncn([C@@H]3O[C@@H]4COP(O)(=S)O[C@H]5[C@@H](F)[C@H](n6cc7c8c(ncnc86)NCCC7)O[C@@H]5COP(=O)(O)O[C@@H]3[C@@H]4O)c2ncn1CCOI. The topological polar surface area (TPSA) is 238 Å². The molecular weight excluding hydrogens is 856 g/mol. The number of ether oxygens (including phenoxy) is 2. The highest BCUT2D eigenvalue weighted by molar-refractivity contribution is 14.1. The van der Waals surface area contributed by atoms with Crippen molar-refractivity contribution in [3.8, 4) is 0 Å². The summed E-state index contributed by atoms with van der Waals surface area (Å²) in [5, 5.41) is 15.2. The van der Waals surface area contributed by atoms with E-state index < -0.39 is 82.5 Å². The monoisotopic (exact) mass is 886 g/mol. The molecule has 0 saturated carbocycles. The maximum Gasteiger partial charge on any atom is 0.472 e. The zero-order chi connectivity index (χ0) is 35.7. The fourth-order valence-corrected chi connectivity index (χ4v) is 9.23. The summed E-state index contributed by atoms with van der Waals surface area (Å²) in [5.41, 5.74) is 0.716. The molecule has 4 N–H and O–H groups in total. The van der Waals surface area contributed by atoms with Crippen LogP contribution in [0.1, 0.15) is 24.4 Å². The second-order valence-corrected chi connectivity index (χ2v) is 16.9. The van der Waals surface area contributed by atoms with Crippen LogP contribution in [0.2, 0.25) is 0 Å². The fraction of sp³-hybridized carbons (Fsp3) is 0.577. The van der Waals surface area contributed by atoms with Crippen LogP contribution in [0.4, 0.5) is 10.2 Å². The predicted molar refractivity (Wildman–Crippen MR) is 183 cm³/mol. The van der Waals surface area contributed by atoms with Gasteiger partial charge < -0.3 is 41.8 Å². The van der Waals surface area contributed by atoms with Gasteiger partial charge in [0.25, 0.3) is 5.56 Å². The number of phosphoric acid groups is 1. The maximum atomic E-state index is 16.4. The van der Waals surface area contributed by atoms with Crippen molar-refractivity contribution >= 4 is 77.4 Å². The summed E-state index contributed by atoms with van der Waals surface area (Å²) in [6.45, 7) is -4.55. The van der Waals surface area contributed by atoms with Crippen LogP contribution < -0.4 is 10.9 Å². The lowest BCUT2D eigenvalue weighted by Gasteiger charge is -2.26. The fourth-order valence-electron chi connectivity index (χ4n) is 6.66. The Morgan fingerprint density at radius 3 is 2.67 bits per heavy atom. The van der Waals surface area contributed by atoms with Crippen LogP contribution in [0.25, 0.3) is 22.2 Å². The summed E-state index contributed by atoms with van der Waals surface area (Å²) in [7, 11) is -5.09. The summed E-state index contributed by atoms with van der Waals surface area (Å²) in [5.74, 6) is 0.593. The molecule has 276 valence electrons. The quantitative estimate of drug-likeness (QED) is 0.164. The Kier molecular flexibility index (Phi) is 9.83. The molecule has 4 aliphatic heterocycles. The van der Waals surface area contributed by atoms with Crippen molar-refractivity contribution in [2.75, 3.05) is 31.7 Å². The van der Waals surface area contributed by atoms with Gasteiger partial charge in [0, 0.05) is 12.7 Å². The van der Waals surface area contributed by atoms with E-state index in [1.807, 2.05) is 0 Å². The van der Waals surface area contributed by atoms with Crippen LogP contribution >= 0.6 is 37.5 Å². The first-order chi connectivity index (χ1) is 24.4. The van der Waals surface area contributed by atoms with E-state index in [2.05, 4.69) is 25.3 Å². The van der Waals surface area contributed by atoms with Crippen molar-refractivity contribution in [3.05, 3.63) is 41.1 Å². The van der Waals surface area contributed by atoms with E-state index in [1.165, 1.54) is 32.7 Å².